The van der Waals surface area contributed by atoms with Crippen molar-refractivity contribution in [1.29, 1.82) is 0 Å². The summed E-state index contributed by atoms with van der Waals surface area (Å²) in [6.07, 6.45) is 1.83. The SMILES string of the molecule is COc1cccc(CN(C)c2nc(C(C)C)nc3c2cnn3C)c1. The van der Waals surface area contributed by atoms with Crippen LogP contribution in [-0.4, -0.2) is 33.9 Å². The van der Waals surface area contributed by atoms with Crippen LogP contribution in [0, 0.1) is 0 Å². The molecule has 1 aromatic carbocycles. The summed E-state index contributed by atoms with van der Waals surface area (Å²) in [5.74, 6) is 2.85. The molecule has 0 aliphatic carbocycles. The zero-order valence-corrected chi connectivity index (χ0v) is 14.8. The number of fused-ring (bicyclic) bond motifs is 1. The minimum Gasteiger partial charge on any atom is -0.497 e. The number of nitrogens with zero attached hydrogens (tertiary/aromatic N) is 5. The number of methoxy groups -OCH3 is 1. The van der Waals surface area contributed by atoms with Crippen molar-refractivity contribution in [2.45, 2.75) is 26.3 Å². The predicted octanol–water partition coefficient (Wildman–Crippen LogP) is 3.13. The Hall–Kier alpha value is -2.63. The second kappa shape index (κ2) is 6.47. The van der Waals surface area contributed by atoms with Gasteiger partial charge in [-0.15, -0.1) is 0 Å². The minimum atomic E-state index is 0.258. The summed E-state index contributed by atoms with van der Waals surface area (Å²) in [6, 6.07) is 8.08. The van der Waals surface area contributed by atoms with Crippen LogP contribution in [0.15, 0.2) is 30.5 Å². The molecular formula is C18H23N5O. The van der Waals surface area contributed by atoms with Crippen LogP contribution in [0.3, 0.4) is 0 Å². The lowest BCUT2D eigenvalue weighted by Crippen LogP contribution is -2.19. The molecule has 6 heteroatoms. The van der Waals surface area contributed by atoms with E-state index in [1.54, 1.807) is 11.8 Å². The molecule has 3 aromatic rings. The van der Waals surface area contributed by atoms with Gasteiger partial charge in [0.1, 0.15) is 17.4 Å². The van der Waals surface area contributed by atoms with Gasteiger partial charge in [-0.25, -0.2) is 9.97 Å². The van der Waals surface area contributed by atoms with Crippen molar-refractivity contribution in [2.75, 3.05) is 19.1 Å². The Morgan fingerprint density at radius 2 is 2.04 bits per heavy atom. The molecule has 2 aromatic heterocycles. The van der Waals surface area contributed by atoms with Gasteiger partial charge in [0.15, 0.2) is 5.65 Å². The fraction of sp³-hybridized carbons (Fsp3) is 0.389. The zero-order chi connectivity index (χ0) is 17.3. The molecule has 0 atom stereocenters. The molecule has 0 fully saturated rings. The number of rotatable bonds is 5. The molecule has 0 aliphatic heterocycles. The van der Waals surface area contributed by atoms with Gasteiger partial charge in [0.25, 0.3) is 0 Å². The first kappa shape index (κ1) is 16.2. The summed E-state index contributed by atoms with van der Waals surface area (Å²) in [5, 5.41) is 5.31. The molecule has 0 saturated carbocycles. The Kier molecular flexibility index (Phi) is 4.38. The second-order valence-electron chi connectivity index (χ2n) is 6.27. The molecular weight excluding hydrogens is 302 g/mol. The van der Waals surface area contributed by atoms with Gasteiger partial charge in [0, 0.05) is 26.6 Å². The summed E-state index contributed by atoms with van der Waals surface area (Å²) >= 11 is 0. The van der Waals surface area contributed by atoms with Crippen molar-refractivity contribution < 1.29 is 4.74 Å². The molecule has 0 spiro atoms. The normalized spacial score (nSPS) is 11.2. The summed E-state index contributed by atoms with van der Waals surface area (Å²) in [4.78, 5) is 11.6. The molecule has 0 saturated heterocycles. The predicted molar refractivity (Wildman–Crippen MR) is 95.5 cm³/mol. The van der Waals surface area contributed by atoms with Gasteiger partial charge in [-0.05, 0) is 17.7 Å². The highest BCUT2D eigenvalue weighted by atomic mass is 16.5. The highest BCUT2D eigenvalue weighted by Gasteiger charge is 2.16. The van der Waals surface area contributed by atoms with Gasteiger partial charge < -0.3 is 9.64 Å². The van der Waals surface area contributed by atoms with Crippen LogP contribution >= 0.6 is 0 Å². The fourth-order valence-corrected chi connectivity index (χ4v) is 2.69. The number of aromatic nitrogens is 4. The van der Waals surface area contributed by atoms with Crippen molar-refractivity contribution in [3.63, 3.8) is 0 Å². The van der Waals surface area contributed by atoms with Crippen LogP contribution < -0.4 is 9.64 Å². The van der Waals surface area contributed by atoms with E-state index in [4.69, 9.17) is 9.72 Å². The van der Waals surface area contributed by atoms with Crippen molar-refractivity contribution in [2.24, 2.45) is 7.05 Å². The molecule has 0 aliphatic rings. The number of anilines is 1. The van der Waals surface area contributed by atoms with E-state index in [0.717, 1.165) is 35.0 Å². The van der Waals surface area contributed by atoms with E-state index in [0.29, 0.717) is 0 Å². The number of hydrogen-bond donors (Lipinski definition) is 0. The van der Waals surface area contributed by atoms with Crippen molar-refractivity contribution in [1.82, 2.24) is 19.7 Å². The van der Waals surface area contributed by atoms with Crippen molar-refractivity contribution in [3.05, 3.63) is 41.9 Å². The topological polar surface area (TPSA) is 56.1 Å². The maximum Gasteiger partial charge on any atom is 0.163 e. The summed E-state index contributed by atoms with van der Waals surface area (Å²) in [5.41, 5.74) is 2.03. The van der Waals surface area contributed by atoms with E-state index >= 15 is 0 Å². The first-order valence-corrected chi connectivity index (χ1v) is 8.03. The molecule has 0 unspecified atom stereocenters. The molecule has 126 valence electrons. The van der Waals surface area contributed by atoms with Crippen LogP contribution in [0.5, 0.6) is 5.75 Å². The largest absolute Gasteiger partial charge is 0.497 e. The van der Waals surface area contributed by atoms with Crippen LogP contribution in [0.1, 0.15) is 31.2 Å². The highest BCUT2D eigenvalue weighted by Crippen LogP contribution is 2.26. The smallest absolute Gasteiger partial charge is 0.163 e. The van der Waals surface area contributed by atoms with Crippen LogP contribution in [0.4, 0.5) is 5.82 Å². The van der Waals surface area contributed by atoms with Gasteiger partial charge in [-0.3, -0.25) is 4.68 Å². The van der Waals surface area contributed by atoms with E-state index in [9.17, 15) is 0 Å². The molecule has 0 N–H and O–H groups in total. The van der Waals surface area contributed by atoms with Gasteiger partial charge in [0.2, 0.25) is 0 Å². The average molecular weight is 325 g/mol. The maximum absolute atomic E-state index is 5.31. The first-order chi connectivity index (χ1) is 11.5. The van der Waals surface area contributed by atoms with E-state index in [1.807, 2.05) is 38.5 Å². The summed E-state index contributed by atoms with van der Waals surface area (Å²) < 4.78 is 7.11. The van der Waals surface area contributed by atoms with E-state index < -0.39 is 0 Å². The second-order valence-corrected chi connectivity index (χ2v) is 6.27. The fourth-order valence-electron chi connectivity index (χ4n) is 2.69. The Bertz CT molecular complexity index is 856. The van der Waals surface area contributed by atoms with Gasteiger partial charge >= 0.3 is 0 Å². The lowest BCUT2D eigenvalue weighted by atomic mass is 10.2. The Morgan fingerprint density at radius 1 is 1.25 bits per heavy atom. The third kappa shape index (κ3) is 3.04. The highest BCUT2D eigenvalue weighted by molar-refractivity contribution is 5.86. The van der Waals surface area contributed by atoms with Crippen molar-refractivity contribution >= 4 is 16.9 Å². The van der Waals surface area contributed by atoms with E-state index in [1.165, 1.54) is 5.56 Å². The summed E-state index contributed by atoms with van der Waals surface area (Å²) in [6.45, 7) is 4.93. The number of benzene rings is 1. The molecule has 3 rings (SSSR count). The molecule has 0 bridgehead atoms. The average Bonchev–Trinajstić information content (AvgIpc) is 2.95. The molecule has 0 radical (unpaired) electrons. The Balaban J connectivity index is 2.00. The molecule has 24 heavy (non-hydrogen) atoms. The zero-order valence-electron chi connectivity index (χ0n) is 14.8. The van der Waals surface area contributed by atoms with Crippen LogP contribution in [-0.2, 0) is 13.6 Å². The number of ether oxygens (including phenoxy) is 1. The van der Waals surface area contributed by atoms with Gasteiger partial charge in [0.05, 0.1) is 18.7 Å². The molecule has 2 heterocycles. The third-order valence-corrected chi connectivity index (χ3v) is 4.02. The minimum absolute atomic E-state index is 0.258. The van der Waals surface area contributed by atoms with E-state index in [2.05, 4.69) is 34.9 Å². The van der Waals surface area contributed by atoms with Crippen molar-refractivity contribution in [3.8, 4) is 5.75 Å². The summed E-state index contributed by atoms with van der Waals surface area (Å²) in [7, 11) is 5.63. The third-order valence-electron chi connectivity index (χ3n) is 4.02. The first-order valence-electron chi connectivity index (χ1n) is 8.03. The molecule has 6 nitrogen and oxygen atoms in total. The Labute approximate surface area is 142 Å². The number of hydrogen-bond acceptors (Lipinski definition) is 5. The number of aryl methyl sites for hydroxylation is 1. The monoisotopic (exact) mass is 325 g/mol. The molecule has 0 amide bonds. The lowest BCUT2D eigenvalue weighted by Gasteiger charge is -2.20. The quantitative estimate of drug-likeness (QED) is 0.721. The van der Waals surface area contributed by atoms with Crippen LogP contribution in [0.25, 0.3) is 11.0 Å². The van der Waals surface area contributed by atoms with E-state index in [-0.39, 0.29) is 5.92 Å². The van der Waals surface area contributed by atoms with Gasteiger partial charge in [-0.1, -0.05) is 26.0 Å². The standard InChI is InChI=1S/C18H23N5O/c1-12(2)16-20-17(15-10-19-23(4)18(15)21-16)22(3)11-13-7-6-8-14(9-13)24-5/h6-10,12H,11H2,1-5H3. The van der Waals surface area contributed by atoms with Gasteiger partial charge in [-0.2, -0.15) is 5.10 Å². The maximum atomic E-state index is 5.31. The lowest BCUT2D eigenvalue weighted by molar-refractivity contribution is 0.414. The Morgan fingerprint density at radius 3 is 2.75 bits per heavy atom. The van der Waals surface area contributed by atoms with Crippen LogP contribution in [0.2, 0.25) is 0 Å².